The Morgan fingerprint density at radius 3 is 2.88 bits per heavy atom. The molecule has 6 heteroatoms. The summed E-state index contributed by atoms with van der Waals surface area (Å²) in [5.74, 6) is 1.25. The van der Waals surface area contributed by atoms with Crippen molar-refractivity contribution < 1.29 is 5.21 Å². The number of hydrogen-bond acceptors (Lipinski definition) is 5. The van der Waals surface area contributed by atoms with Crippen molar-refractivity contribution in [3.63, 3.8) is 0 Å². The summed E-state index contributed by atoms with van der Waals surface area (Å²) in [6, 6.07) is 12.4. The van der Waals surface area contributed by atoms with Gasteiger partial charge in [0, 0.05) is 31.1 Å². The number of benzene rings is 1. The number of imidazole rings is 1. The Morgan fingerprint density at radius 2 is 2.06 bits per heavy atom. The summed E-state index contributed by atoms with van der Waals surface area (Å²) >= 11 is 0. The molecule has 0 radical (unpaired) electrons. The van der Waals surface area contributed by atoms with Crippen LogP contribution >= 0.6 is 0 Å². The minimum Gasteiger partial charge on any atom is -0.347 e. The Kier molecular flexibility index (Phi) is 6.14. The lowest BCUT2D eigenvalue weighted by atomic mass is 9.85. The molecule has 0 amide bonds. The molecule has 1 aromatic carbocycles. The molecule has 2 heterocycles. The molecular formula is C26H29N5O. The zero-order chi connectivity index (χ0) is 21.8. The first-order valence-electron chi connectivity index (χ1n) is 11.4. The van der Waals surface area contributed by atoms with Gasteiger partial charge in [-0.15, -0.1) is 0 Å². The molecule has 2 aliphatic rings. The number of allylic oxidation sites excluding steroid dienone is 3. The third kappa shape index (κ3) is 4.11. The fraction of sp³-hybridized carbons (Fsp3) is 0.308. The Morgan fingerprint density at radius 1 is 1.12 bits per heavy atom. The molecular weight excluding hydrogens is 398 g/mol. The van der Waals surface area contributed by atoms with Crippen LogP contribution in [-0.2, 0) is 13.0 Å². The van der Waals surface area contributed by atoms with E-state index in [1.807, 2.05) is 42.9 Å². The van der Waals surface area contributed by atoms with Crippen LogP contribution in [-0.4, -0.2) is 25.1 Å². The summed E-state index contributed by atoms with van der Waals surface area (Å²) in [7, 11) is 0. The lowest BCUT2D eigenvalue weighted by Gasteiger charge is -2.42. The first-order chi connectivity index (χ1) is 15.8. The summed E-state index contributed by atoms with van der Waals surface area (Å²) in [5, 5.41) is 9.75. The minimum atomic E-state index is 0.0518. The summed E-state index contributed by atoms with van der Waals surface area (Å²) in [6.07, 6.45) is 18.6. The number of aryl methyl sites for hydroxylation is 1. The smallest absolute Gasteiger partial charge is 0.124 e. The molecule has 3 N–H and O–H groups in total. The number of fused-ring (bicyclic) bond motifs is 1. The quantitative estimate of drug-likeness (QED) is 0.443. The molecule has 0 aliphatic heterocycles. The van der Waals surface area contributed by atoms with Crippen LogP contribution in [0.3, 0.4) is 0 Å². The van der Waals surface area contributed by atoms with Crippen molar-refractivity contribution in [3.05, 3.63) is 102 Å². The second kappa shape index (κ2) is 9.51. The normalized spacial score (nSPS) is 20.8. The fourth-order valence-corrected chi connectivity index (χ4v) is 5.15. The maximum absolute atomic E-state index is 9.75. The highest BCUT2D eigenvalue weighted by Gasteiger charge is 2.37. The van der Waals surface area contributed by atoms with E-state index in [1.165, 1.54) is 11.3 Å². The third-order valence-electron chi connectivity index (χ3n) is 6.63. The number of rotatable bonds is 7. The van der Waals surface area contributed by atoms with E-state index < -0.39 is 0 Å². The largest absolute Gasteiger partial charge is 0.347 e. The standard InChI is InChI=1S/C26H29N5O/c32-30-22-13-5-4-10-21(22)18-31(23-14-6-11-19-12-7-15-27-24(19)23)25(26-28-16-17-29-26)20-8-2-1-3-9-20/h1-5,7-8,10,12-13,15-17,20,23,25,30,32H,6,9,11,14,18H2,(H,28,29). The number of nitrogens with zero attached hydrogens (tertiary/aromatic N) is 3. The molecule has 164 valence electrons. The number of H-pyrrole nitrogens is 1. The number of aromatic amines is 1. The third-order valence-corrected chi connectivity index (χ3v) is 6.63. The second-order valence-corrected chi connectivity index (χ2v) is 8.53. The van der Waals surface area contributed by atoms with Crippen molar-refractivity contribution in [3.8, 4) is 0 Å². The van der Waals surface area contributed by atoms with Crippen molar-refractivity contribution in [2.24, 2.45) is 5.92 Å². The zero-order valence-corrected chi connectivity index (χ0v) is 18.1. The highest BCUT2D eigenvalue weighted by molar-refractivity contribution is 5.49. The van der Waals surface area contributed by atoms with Gasteiger partial charge in [-0.25, -0.2) is 4.98 Å². The molecule has 0 saturated carbocycles. The van der Waals surface area contributed by atoms with Gasteiger partial charge in [-0.3, -0.25) is 20.6 Å². The first-order valence-corrected chi connectivity index (χ1v) is 11.4. The van der Waals surface area contributed by atoms with Crippen LogP contribution in [0.1, 0.15) is 54.0 Å². The Labute approximate surface area is 188 Å². The lowest BCUT2D eigenvalue weighted by Crippen LogP contribution is -2.39. The Hall–Kier alpha value is -3.22. The van der Waals surface area contributed by atoms with Crippen LogP contribution in [0.2, 0.25) is 0 Å². The average molecular weight is 428 g/mol. The van der Waals surface area contributed by atoms with E-state index in [4.69, 9.17) is 9.97 Å². The molecule has 0 spiro atoms. The molecule has 0 fully saturated rings. The van der Waals surface area contributed by atoms with Gasteiger partial charge in [0.15, 0.2) is 0 Å². The van der Waals surface area contributed by atoms with E-state index >= 15 is 0 Å². The monoisotopic (exact) mass is 427 g/mol. The highest BCUT2D eigenvalue weighted by atomic mass is 16.5. The van der Waals surface area contributed by atoms with E-state index in [2.05, 4.69) is 51.8 Å². The molecule has 32 heavy (non-hydrogen) atoms. The molecule has 3 atom stereocenters. The summed E-state index contributed by atoms with van der Waals surface area (Å²) < 4.78 is 0. The molecule has 3 aromatic rings. The van der Waals surface area contributed by atoms with Gasteiger partial charge in [0.05, 0.1) is 23.5 Å². The zero-order valence-electron chi connectivity index (χ0n) is 18.1. The van der Waals surface area contributed by atoms with E-state index in [1.54, 1.807) is 0 Å². The van der Waals surface area contributed by atoms with Crippen LogP contribution in [0.15, 0.2) is 79.3 Å². The van der Waals surface area contributed by atoms with Crippen LogP contribution < -0.4 is 5.48 Å². The van der Waals surface area contributed by atoms with Gasteiger partial charge in [-0.05, 0) is 48.9 Å². The predicted molar refractivity (Wildman–Crippen MR) is 125 cm³/mol. The minimum absolute atomic E-state index is 0.0518. The highest BCUT2D eigenvalue weighted by Crippen LogP contribution is 2.43. The van der Waals surface area contributed by atoms with Crippen molar-refractivity contribution in [2.45, 2.75) is 44.3 Å². The van der Waals surface area contributed by atoms with Gasteiger partial charge in [0.2, 0.25) is 0 Å². The topological polar surface area (TPSA) is 77.1 Å². The Bertz CT molecular complexity index is 1090. The van der Waals surface area contributed by atoms with Crippen LogP contribution in [0.25, 0.3) is 0 Å². The first kappa shape index (κ1) is 20.7. The number of hydrogen-bond donors (Lipinski definition) is 3. The van der Waals surface area contributed by atoms with E-state index in [-0.39, 0.29) is 18.0 Å². The number of anilines is 1. The SMILES string of the molecule is ONc1ccccc1CN(C1CCCc2cccnc21)C(c1ncc[nH]1)C1C=CC=CC1. The van der Waals surface area contributed by atoms with Crippen molar-refractivity contribution >= 4 is 5.69 Å². The molecule has 3 unspecified atom stereocenters. The summed E-state index contributed by atoms with van der Waals surface area (Å²) in [4.78, 5) is 15.5. The number of aromatic nitrogens is 3. The summed E-state index contributed by atoms with van der Waals surface area (Å²) in [6.45, 7) is 0.670. The molecule has 2 aromatic heterocycles. The van der Waals surface area contributed by atoms with E-state index in [9.17, 15) is 5.21 Å². The number of para-hydroxylation sites is 1. The van der Waals surface area contributed by atoms with Crippen LogP contribution in [0, 0.1) is 5.92 Å². The van der Waals surface area contributed by atoms with Gasteiger partial charge in [0.25, 0.3) is 0 Å². The number of nitrogens with one attached hydrogen (secondary N) is 2. The molecule has 2 aliphatic carbocycles. The molecule has 0 saturated heterocycles. The van der Waals surface area contributed by atoms with Crippen molar-refractivity contribution in [2.75, 3.05) is 5.48 Å². The second-order valence-electron chi connectivity index (χ2n) is 8.53. The van der Waals surface area contributed by atoms with Gasteiger partial charge < -0.3 is 4.98 Å². The maximum Gasteiger partial charge on any atom is 0.124 e. The van der Waals surface area contributed by atoms with E-state index in [0.29, 0.717) is 6.54 Å². The van der Waals surface area contributed by atoms with Crippen molar-refractivity contribution in [1.29, 1.82) is 0 Å². The predicted octanol–water partition coefficient (Wildman–Crippen LogP) is 5.36. The van der Waals surface area contributed by atoms with Crippen LogP contribution in [0.5, 0.6) is 0 Å². The Balaban J connectivity index is 1.61. The van der Waals surface area contributed by atoms with Gasteiger partial charge in [0.1, 0.15) is 5.82 Å². The molecule has 5 rings (SSSR count). The number of pyridine rings is 1. The van der Waals surface area contributed by atoms with Gasteiger partial charge in [-0.2, -0.15) is 0 Å². The van der Waals surface area contributed by atoms with E-state index in [0.717, 1.165) is 42.8 Å². The van der Waals surface area contributed by atoms with Gasteiger partial charge >= 0.3 is 0 Å². The van der Waals surface area contributed by atoms with Crippen molar-refractivity contribution in [1.82, 2.24) is 19.9 Å². The lowest BCUT2D eigenvalue weighted by molar-refractivity contribution is 0.0761. The average Bonchev–Trinajstić information content (AvgIpc) is 3.39. The fourth-order valence-electron chi connectivity index (χ4n) is 5.15. The summed E-state index contributed by atoms with van der Waals surface area (Å²) in [5.41, 5.74) is 6.66. The molecule has 6 nitrogen and oxygen atoms in total. The van der Waals surface area contributed by atoms with Crippen LogP contribution in [0.4, 0.5) is 5.69 Å². The van der Waals surface area contributed by atoms with Gasteiger partial charge in [-0.1, -0.05) is 48.6 Å². The maximum atomic E-state index is 9.75. The molecule has 0 bridgehead atoms.